The third-order valence-electron chi connectivity index (χ3n) is 6.11. The summed E-state index contributed by atoms with van der Waals surface area (Å²) in [6, 6.07) is 11.3. The van der Waals surface area contributed by atoms with Gasteiger partial charge >= 0.3 is 0 Å². The molecule has 2 unspecified atom stereocenters. The summed E-state index contributed by atoms with van der Waals surface area (Å²) >= 11 is 3.42. The molecule has 32 heavy (non-hydrogen) atoms. The highest BCUT2D eigenvalue weighted by Gasteiger charge is 2.27. The van der Waals surface area contributed by atoms with Crippen molar-refractivity contribution in [2.24, 2.45) is 5.92 Å². The minimum absolute atomic E-state index is 0.105. The fourth-order valence-corrected chi connectivity index (χ4v) is 5.42. The van der Waals surface area contributed by atoms with Crippen molar-refractivity contribution in [1.29, 1.82) is 0 Å². The van der Waals surface area contributed by atoms with E-state index in [1.54, 1.807) is 29.2 Å². The molecule has 2 aromatic rings. The Bertz CT molecular complexity index is 864. The molecule has 1 aromatic heterocycles. The van der Waals surface area contributed by atoms with Crippen LogP contribution < -0.4 is 10.6 Å². The predicted molar refractivity (Wildman–Crippen MR) is 135 cm³/mol. The molecule has 2 amide bonds. The Morgan fingerprint density at radius 2 is 2.00 bits per heavy atom. The summed E-state index contributed by atoms with van der Waals surface area (Å²) in [5, 5.41) is 8.22. The number of piperidine rings is 1. The van der Waals surface area contributed by atoms with Gasteiger partial charge in [-0.15, -0.1) is 11.3 Å². The summed E-state index contributed by atoms with van der Waals surface area (Å²) in [4.78, 5) is 29.7. The fraction of sp³-hybridized carbons (Fsp3) is 0.520. The van der Waals surface area contributed by atoms with Crippen molar-refractivity contribution in [3.63, 3.8) is 0 Å². The maximum Gasteiger partial charge on any atom is 0.251 e. The van der Waals surface area contributed by atoms with Crippen LogP contribution in [0.15, 0.2) is 41.8 Å². The number of hydrogen-bond acceptors (Lipinski definition) is 5. The molecule has 0 bridgehead atoms. The number of aryl methyl sites for hydroxylation is 1. The van der Waals surface area contributed by atoms with E-state index in [0.29, 0.717) is 18.5 Å². The molecule has 2 N–H and O–H groups in total. The van der Waals surface area contributed by atoms with Crippen LogP contribution in [0.3, 0.4) is 0 Å². The molecule has 0 aliphatic carbocycles. The second-order valence-corrected chi connectivity index (χ2v) is 10.6. The molecule has 1 fully saturated rings. The van der Waals surface area contributed by atoms with E-state index in [1.807, 2.05) is 31.4 Å². The van der Waals surface area contributed by atoms with Crippen LogP contribution in [0.4, 0.5) is 0 Å². The van der Waals surface area contributed by atoms with Gasteiger partial charge in [-0.05, 0) is 80.8 Å². The summed E-state index contributed by atoms with van der Waals surface area (Å²) in [6.07, 6.45) is 5.01. The van der Waals surface area contributed by atoms with Crippen molar-refractivity contribution >= 4 is 34.9 Å². The average Bonchev–Trinajstić information content (AvgIpc) is 3.32. The van der Waals surface area contributed by atoms with Crippen molar-refractivity contribution in [2.75, 3.05) is 31.6 Å². The van der Waals surface area contributed by atoms with Crippen LogP contribution in [-0.4, -0.2) is 54.4 Å². The van der Waals surface area contributed by atoms with Gasteiger partial charge < -0.3 is 10.6 Å². The lowest BCUT2D eigenvalue weighted by Gasteiger charge is -2.36. The minimum atomic E-state index is -0.541. The van der Waals surface area contributed by atoms with E-state index in [4.69, 9.17) is 0 Å². The summed E-state index contributed by atoms with van der Waals surface area (Å²) in [5.41, 5.74) is 1.61. The maximum absolute atomic E-state index is 13.1. The highest BCUT2D eigenvalue weighted by molar-refractivity contribution is 7.98. The number of benzene rings is 1. The van der Waals surface area contributed by atoms with Gasteiger partial charge in [-0.25, -0.2) is 0 Å². The van der Waals surface area contributed by atoms with Crippen LogP contribution in [0.2, 0.25) is 0 Å². The lowest BCUT2D eigenvalue weighted by Crippen LogP contribution is -2.49. The quantitative estimate of drug-likeness (QED) is 0.533. The first-order valence-electron chi connectivity index (χ1n) is 11.4. The van der Waals surface area contributed by atoms with Crippen molar-refractivity contribution in [2.45, 2.75) is 45.2 Å². The Labute approximate surface area is 200 Å². The summed E-state index contributed by atoms with van der Waals surface area (Å²) in [5.74, 6) is 1.27. The zero-order valence-corrected chi connectivity index (χ0v) is 20.9. The molecule has 1 aromatic carbocycles. The first-order chi connectivity index (χ1) is 15.5. The zero-order valence-electron chi connectivity index (χ0n) is 19.3. The number of rotatable bonds is 10. The van der Waals surface area contributed by atoms with E-state index >= 15 is 0 Å². The molecule has 1 aliphatic rings. The molecule has 0 saturated carbocycles. The average molecular weight is 474 g/mol. The first-order valence-corrected chi connectivity index (χ1v) is 13.7. The molecular weight excluding hydrogens is 438 g/mol. The number of hydrogen-bond donors (Lipinski definition) is 2. The standard InChI is InChI=1S/C25H35N3O2S2/c1-18-9-12-28(13-10-18)22(23-8-5-14-32-23)17-26-25(30)21(11-15-31-3)27-24(29)20-7-4-6-19(2)16-20/h4-8,14,16,18,21-22H,9-13,15,17H2,1-3H3,(H,26,30)(H,27,29). The third-order valence-corrected chi connectivity index (χ3v) is 7.73. The number of thioether (sulfide) groups is 1. The van der Waals surface area contributed by atoms with Crippen molar-refractivity contribution in [1.82, 2.24) is 15.5 Å². The molecule has 7 heteroatoms. The van der Waals surface area contributed by atoms with Gasteiger partial charge in [0.1, 0.15) is 6.04 Å². The highest BCUT2D eigenvalue weighted by atomic mass is 32.2. The SMILES string of the molecule is CSCCC(NC(=O)c1cccc(C)c1)C(=O)NCC(c1cccs1)N1CCC(C)CC1. The zero-order chi connectivity index (χ0) is 22.9. The number of likely N-dealkylation sites (tertiary alicyclic amines) is 1. The molecule has 2 heterocycles. The first kappa shape index (κ1) is 24.8. The lowest BCUT2D eigenvalue weighted by molar-refractivity contribution is -0.123. The molecule has 0 spiro atoms. The van der Waals surface area contributed by atoms with E-state index in [0.717, 1.165) is 30.3 Å². The maximum atomic E-state index is 13.1. The van der Waals surface area contributed by atoms with Gasteiger partial charge in [-0.2, -0.15) is 11.8 Å². The molecular formula is C25H35N3O2S2. The van der Waals surface area contributed by atoms with Gasteiger partial charge in [0.05, 0.1) is 6.04 Å². The molecule has 5 nitrogen and oxygen atoms in total. The largest absolute Gasteiger partial charge is 0.352 e. The Balaban J connectivity index is 1.65. The normalized spacial score (nSPS) is 17.0. The number of thiophene rings is 1. The molecule has 0 radical (unpaired) electrons. The summed E-state index contributed by atoms with van der Waals surface area (Å²) < 4.78 is 0. The molecule has 2 atom stereocenters. The van der Waals surface area contributed by atoms with E-state index in [9.17, 15) is 9.59 Å². The molecule has 1 saturated heterocycles. The number of amides is 2. The number of nitrogens with one attached hydrogen (secondary N) is 2. The third kappa shape index (κ3) is 7.09. The van der Waals surface area contributed by atoms with Crippen molar-refractivity contribution in [3.8, 4) is 0 Å². The summed E-state index contributed by atoms with van der Waals surface area (Å²) in [7, 11) is 0. The van der Waals surface area contributed by atoms with E-state index in [-0.39, 0.29) is 17.9 Å². The number of carbonyl (C=O) groups excluding carboxylic acids is 2. The molecule has 174 valence electrons. The lowest BCUT2D eigenvalue weighted by atomic mass is 9.97. The van der Waals surface area contributed by atoms with E-state index < -0.39 is 6.04 Å². The van der Waals surface area contributed by atoms with Gasteiger partial charge in [-0.1, -0.05) is 30.7 Å². The van der Waals surface area contributed by atoms with Gasteiger partial charge in [0.2, 0.25) is 5.91 Å². The van der Waals surface area contributed by atoms with Crippen LogP contribution >= 0.6 is 23.1 Å². The van der Waals surface area contributed by atoms with Crippen molar-refractivity contribution < 1.29 is 9.59 Å². The van der Waals surface area contributed by atoms with E-state index in [1.165, 1.54) is 17.7 Å². The van der Waals surface area contributed by atoms with Crippen LogP contribution in [-0.2, 0) is 4.79 Å². The predicted octanol–water partition coefficient (Wildman–Crippen LogP) is 4.50. The number of carbonyl (C=O) groups is 2. The van der Waals surface area contributed by atoms with E-state index in [2.05, 4.69) is 40.0 Å². The second-order valence-electron chi connectivity index (χ2n) is 8.67. The van der Waals surface area contributed by atoms with Crippen LogP contribution in [0, 0.1) is 12.8 Å². The van der Waals surface area contributed by atoms with Crippen LogP contribution in [0.5, 0.6) is 0 Å². The number of nitrogens with zero attached hydrogens (tertiary/aromatic N) is 1. The topological polar surface area (TPSA) is 61.4 Å². The van der Waals surface area contributed by atoms with Gasteiger partial charge in [0.25, 0.3) is 5.91 Å². The van der Waals surface area contributed by atoms with Gasteiger partial charge in [0.15, 0.2) is 0 Å². The Morgan fingerprint density at radius 3 is 2.66 bits per heavy atom. The fourth-order valence-electron chi connectivity index (χ4n) is 4.08. The van der Waals surface area contributed by atoms with Gasteiger partial charge in [0, 0.05) is 17.0 Å². The highest BCUT2D eigenvalue weighted by Crippen LogP contribution is 2.29. The Kier molecular flexibility index (Phi) is 9.63. The van der Waals surface area contributed by atoms with Crippen molar-refractivity contribution in [3.05, 3.63) is 57.8 Å². The van der Waals surface area contributed by atoms with Crippen LogP contribution in [0.25, 0.3) is 0 Å². The van der Waals surface area contributed by atoms with Gasteiger partial charge in [-0.3, -0.25) is 14.5 Å². The smallest absolute Gasteiger partial charge is 0.251 e. The minimum Gasteiger partial charge on any atom is -0.352 e. The monoisotopic (exact) mass is 473 g/mol. The molecule has 1 aliphatic heterocycles. The Hall–Kier alpha value is -1.83. The second kappa shape index (κ2) is 12.4. The molecule has 3 rings (SSSR count). The van der Waals surface area contributed by atoms with Crippen LogP contribution in [0.1, 0.15) is 53.0 Å². The summed E-state index contributed by atoms with van der Waals surface area (Å²) in [6.45, 7) is 6.94. The Morgan fingerprint density at radius 1 is 1.22 bits per heavy atom.